The number of nitrogens with zero attached hydrogens (tertiary/aromatic N) is 3. The zero-order chi connectivity index (χ0) is 21.7. The quantitative estimate of drug-likeness (QED) is 0.671. The van der Waals surface area contributed by atoms with Gasteiger partial charge >= 0.3 is 6.03 Å². The Morgan fingerprint density at radius 1 is 1.27 bits per heavy atom. The third kappa shape index (κ3) is 4.46. The molecule has 1 unspecified atom stereocenters. The number of carbonyl (C=O) groups excluding carboxylic acids is 3. The summed E-state index contributed by atoms with van der Waals surface area (Å²) in [7, 11) is 0. The van der Waals surface area contributed by atoms with E-state index in [0.29, 0.717) is 24.9 Å². The lowest BCUT2D eigenvalue weighted by Crippen LogP contribution is -2.51. The second-order valence-electron chi connectivity index (χ2n) is 8.04. The summed E-state index contributed by atoms with van der Waals surface area (Å²) < 4.78 is 0. The minimum atomic E-state index is -0.845. The summed E-state index contributed by atoms with van der Waals surface area (Å²) in [6, 6.07) is 9.03. The van der Waals surface area contributed by atoms with Gasteiger partial charge in [-0.3, -0.25) is 19.9 Å². The highest BCUT2D eigenvalue weighted by Gasteiger charge is 2.52. The molecule has 1 saturated carbocycles. The first kappa shape index (κ1) is 21.8. The molecule has 1 heterocycles. The van der Waals surface area contributed by atoms with Crippen LogP contribution in [0.3, 0.4) is 0 Å². The predicted molar refractivity (Wildman–Crippen MR) is 111 cm³/mol. The number of hydrogen-bond acceptors (Lipinski definition) is 5. The van der Waals surface area contributed by atoms with E-state index in [9.17, 15) is 14.4 Å². The van der Waals surface area contributed by atoms with E-state index in [1.807, 2.05) is 26.0 Å². The molecule has 2 aliphatic rings. The number of amides is 4. The Hall–Kier alpha value is -2.92. The van der Waals surface area contributed by atoms with Crippen molar-refractivity contribution in [2.45, 2.75) is 64.0 Å². The first-order valence-corrected chi connectivity index (χ1v) is 10.6. The van der Waals surface area contributed by atoms with Gasteiger partial charge in [0.05, 0.1) is 11.6 Å². The van der Waals surface area contributed by atoms with E-state index < -0.39 is 11.6 Å². The van der Waals surface area contributed by atoms with Crippen LogP contribution in [-0.2, 0) is 9.59 Å². The Morgan fingerprint density at radius 2 is 1.93 bits per heavy atom. The van der Waals surface area contributed by atoms with Gasteiger partial charge in [0.2, 0.25) is 5.91 Å². The van der Waals surface area contributed by atoms with Gasteiger partial charge < -0.3 is 5.32 Å². The molecule has 4 amide bonds. The molecule has 1 atom stereocenters. The summed E-state index contributed by atoms with van der Waals surface area (Å²) in [4.78, 5) is 39.7. The van der Waals surface area contributed by atoms with E-state index >= 15 is 0 Å². The van der Waals surface area contributed by atoms with Crippen molar-refractivity contribution >= 4 is 17.8 Å². The predicted octanol–water partition coefficient (Wildman–Crippen LogP) is 2.62. The average molecular weight is 412 g/mol. The van der Waals surface area contributed by atoms with Crippen molar-refractivity contribution in [3.63, 3.8) is 0 Å². The summed E-state index contributed by atoms with van der Waals surface area (Å²) in [6.07, 6.45) is 4.25. The molecule has 0 bridgehead atoms. The summed E-state index contributed by atoms with van der Waals surface area (Å²) in [6.45, 7) is 5.29. The third-order valence-corrected chi connectivity index (χ3v) is 6.21. The van der Waals surface area contributed by atoms with E-state index in [4.69, 9.17) is 5.26 Å². The van der Waals surface area contributed by atoms with Crippen molar-refractivity contribution in [3.8, 4) is 6.07 Å². The van der Waals surface area contributed by atoms with Gasteiger partial charge in [-0.2, -0.15) is 10.3 Å². The number of urea groups is 1. The van der Waals surface area contributed by atoms with Crippen LogP contribution in [0.15, 0.2) is 24.3 Å². The van der Waals surface area contributed by atoms with E-state index in [-0.39, 0.29) is 24.3 Å². The van der Waals surface area contributed by atoms with Gasteiger partial charge in [-0.25, -0.2) is 4.79 Å². The molecule has 30 heavy (non-hydrogen) atoms. The number of nitriles is 1. The number of rotatable bonds is 7. The molecular formula is C22H29N5O3. The number of hydrazine groups is 1. The van der Waals surface area contributed by atoms with Gasteiger partial charge in [-0.1, -0.05) is 38.3 Å². The van der Waals surface area contributed by atoms with Crippen molar-refractivity contribution in [2.75, 3.05) is 13.1 Å². The van der Waals surface area contributed by atoms with Crippen molar-refractivity contribution in [2.24, 2.45) is 0 Å². The summed E-state index contributed by atoms with van der Waals surface area (Å²) in [5, 5.41) is 12.6. The van der Waals surface area contributed by atoms with Crippen molar-refractivity contribution in [3.05, 3.63) is 35.4 Å². The fourth-order valence-electron chi connectivity index (χ4n) is 4.31. The lowest BCUT2D eigenvalue weighted by atomic mass is 9.82. The maximum Gasteiger partial charge on any atom is 0.344 e. The lowest BCUT2D eigenvalue weighted by Gasteiger charge is -2.30. The standard InChI is InChI=1S/C22H29N5O3/c1-3-26(16(2)18-9-7-17(15-23)8-10-18)14-11-19(28)25-27-20(29)22(24-21(27)30)12-5-4-6-13-22/h7-10,16H,3-6,11-14H2,1-2H3,(H,24,30)(H,25,28). The first-order chi connectivity index (χ1) is 14.4. The number of carbonyl (C=O) groups is 3. The van der Waals surface area contributed by atoms with Gasteiger partial charge in [-0.15, -0.1) is 0 Å². The van der Waals surface area contributed by atoms with Crippen LogP contribution in [0.5, 0.6) is 0 Å². The molecule has 1 saturated heterocycles. The fraction of sp³-hybridized carbons (Fsp3) is 0.545. The lowest BCUT2D eigenvalue weighted by molar-refractivity contribution is -0.140. The van der Waals surface area contributed by atoms with Crippen LogP contribution in [0.25, 0.3) is 0 Å². The van der Waals surface area contributed by atoms with Gasteiger partial charge in [0.25, 0.3) is 5.91 Å². The summed E-state index contributed by atoms with van der Waals surface area (Å²) in [5.41, 5.74) is 3.32. The number of benzene rings is 1. The van der Waals surface area contributed by atoms with Crippen LogP contribution in [0.4, 0.5) is 4.79 Å². The maximum absolute atomic E-state index is 12.8. The Bertz CT molecular complexity index is 839. The molecule has 2 N–H and O–H groups in total. The highest BCUT2D eigenvalue weighted by molar-refractivity contribution is 6.08. The Balaban J connectivity index is 1.55. The minimum absolute atomic E-state index is 0.0674. The van der Waals surface area contributed by atoms with Crippen LogP contribution < -0.4 is 10.7 Å². The topological polar surface area (TPSA) is 106 Å². The van der Waals surface area contributed by atoms with E-state index in [1.54, 1.807) is 12.1 Å². The van der Waals surface area contributed by atoms with Gasteiger partial charge in [0.1, 0.15) is 5.54 Å². The van der Waals surface area contributed by atoms with Gasteiger partial charge in [-0.05, 0) is 44.0 Å². The van der Waals surface area contributed by atoms with Crippen LogP contribution >= 0.6 is 0 Å². The summed E-state index contributed by atoms with van der Waals surface area (Å²) >= 11 is 0. The molecule has 0 radical (unpaired) electrons. The zero-order valence-corrected chi connectivity index (χ0v) is 17.6. The second-order valence-corrected chi connectivity index (χ2v) is 8.04. The molecule has 1 aromatic carbocycles. The van der Waals surface area contributed by atoms with Crippen molar-refractivity contribution < 1.29 is 14.4 Å². The zero-order valence-electron chi connectivity index (χ0n) is 17.6. The molecule has 1 aliphatic heterocycles. The maximum atomic E-state index is 12.8. The van der Waals surface area contributed by atoms with E-state index in [0.717, 1.165) is 36.4 Å². The molecule has 3 rings (SSSR count). The third-order valence-electron chi connectivity index (χ3n) is 6.21. The second kappa shape index (κ2) is 9.26. The normalized spacial score (nSPS) is 18.9. The van der Waals surface area contributed by atoms with Crippen LogP contribution in [0.1, 0.15) is 69.5 Å². The highest BCUT2D eigenvalue weighted by Crippen LogP contribution is 2.33. The van der Waals surface area contributed by atoms with Gasteiger partial charge in [0, 0.05) is 19.0 Å². The average Bonchev–Trinajstić information content (AvgIpc) is 2.98. The molecule has 2 fully saturated rings. The Morgan fingerprint density at radius 3 is 2.53 bits per heavy atom. The Kier molecular flexibility index (Phi) is 6.73. The van der Waals surface area contributed by atoms with Gasteiger partial charge in [0.15, 0.2) is 0 Å². The first-order valence-electron chi connectivity index (χ1n) is 10.6. The molecular weight excluding hydrogens is 382 g/mol. The smallest absolute Gasteiger partial charge is 0.322 e. The monoisotopic (exact) mass is 411 g/mol. The molecule has 0 aromatic heterocycles. The number of imide groups is 1. The van der Waals surface area contributed by atoms with E-state index in [2.05, 4.69) is 21.7 Å². The minimum Gasteiger partial charge on any atom is -0.322 e. The van der Waals surface area contributed by atoms with Crippen LogP contribution in [-0.4, -0.2) is 46.4 Å². The largest absolute Gasteiger partial charge is 0.344 e. The van der Waals surface area contributed by atoms with Crippen LogP contribution in [0.2, 0.25) is 0 Å². The van der Waals surface area contributed by atoms with Crippen molar-refractivity contribution in [1.29, 1.82) is 5.26 Å². The van der Waals surface area contributed by atoms with E-state index in [1.165, 1.54) is 0 Å². The Labute approximate surface area is 177 Å². The number of nitrogens with one attached hydrogen (secondary N) is 2. The number of hydrogen-bond donors (Lipinski definition) is 2. The molecule has 160 valence electrons. The highest BCUT2D eigenvalue weighted by atomic mass is 16.2. The summed E-state index contributed by atoms with van der Waals surface area (Å²) in [5.74, 6) is -0.712. The molecule has 1 aliphatic carbocycles. The van der Waals surface area contributed by atoms with Crippen LogP contribution in [0, 0.1) is 11.3 Å². The molecule has 1 aromatic rings. The molecule has 8 nitrogen and oxygen atoms in total. The molecule has 8 heteroatoms. The van der Waals surface area contributed by atoms with Crippen molar-refractivity contribution in [1.82, 2.24) is 20.7 Å². The fourth-order valence-corrected chi connectivity index (χ4v) is 4.31. The SMILES string of the molecule is CCN(CCC(=O)NN1C(=O)NC2(CCCCC2)C1=O)C(C)c1ccc(C#N)cc1. The molecule has 1 spiro atoms.